The summed E-state index contributed by atoms with van der Waals surface area (Å²) in [4.78, 5) is 15.5. The van der Waals surface area contributed by atoms with E-state index >= 15 is 0 Å². The Balaban J connectivity index is 1.39. The zero-order valence-corrected chi connectivity index (χ0v) is 20.4. The molecule has 0 N–H and O–H groups in total. The van der Waals surface area contributed by atoms with Gasteiger partial charge in [-0.3, -0.25) is 14.0 Å². The van der Waals surface area contributed by atoms with Gasteiger partial charge >= 0.3 is 0 Å². The summed E-state index contributed by atoms with van der Waals surface area (Å²) in [5.74, 6) is 2.10. The first kappa shape index (κ1) is 20.1. The number of aromatic nitrogens is 4. The molecule has 0 saturated carbocycles. The molecule has 0 saturated heterocycles. The second-order valence-electron chi connectivity index (χ2n) is 10.1. The topological polar surface area (TPSA) is 47.5 Å². The second kappa shape index (κ2) is 7.26. The standard InChI is InChI=1S/C33H21N5/c1-3-11-25-23(10-1)32-35-27-13-5-8-16-30(27)38(32)31(34-25)20-17-18-21-22-9-2-6-14-28(22)37-29-15-7-4-12-26(29)36-33(37)24(21)19-20/h1-19,23,25H. The van der Waals surface area contributed by atoms with Crippen molar-refractivity contribution in [3.63, 3.8) is 0 Å². The van der Waals surface area contributed by atoms with Gasteiger partial charge in [-0.1, -0.05) is 78.9 Å². The maximum absolute atomic E-state index is 5.30. The Labute approximate surface area is 217 Å². The lowest BCUT2D eigenvalue weighted by Gasteiger charge is -2.28. The van der Waals surface area contributed by atoms with Crippen molar-refractivity contribution in [3.05, 3.63) is 127 Å². The van der Waals surface area contributed by atoms with Crippen LogP contribution in [0.4, 0.5) is 0 Å². The molecule has 2 atom stereocenters. The molecule has 4 heterocycles. The molecule has 9 rings (SSSR count). The Kier molecular flexibility index (Phi) is 3.84. The second-order valence-corrected chi connectivity index (χ2v) is 10.1. The first-order chi connectivity index (χ1) is 18.8. The van der Waals surface area contributed by atoms with Crippen LogP contribution < -0.4 is 0 Å². The van der Waals surface area contributed by atoms with Gasteiger partial charge in [0.2, 0.25) is 0 Å². The average molecular weight is 488 g/mol. The summed E-state index contributed by atoms with van der Waals surface area (Å²) in [7, 11) is 0. The number of pyridine rings is 1. The van der Waals surface area contributed by atoms with Crippen LogP contribution in [0.25, 0.3) is 49.4 Å². The fraction of sp³-hybridized carbons (Fsp3) is 0.0606. The largest absolute Gasteiger partial charge is 0.292 e. The summed E-state index contributed by atoms with van der Waals surface area (Å²) in [6, 6.07) is 32.0. The Hall–Kier alpha value is -5.03. The zero-order chi connectivity index (χ0) is 24.8. The van der Waals surface area contributed by atoms with Crippen molar-refractivity contribution in [1.82, 2.24) is 18.9 Å². The van der Waals surface area contributed by atoms with Gasteiger partial charge in [-0.2, -0.15) is 0 Å². The van der Waals surface area contributed by atoms with E-state index in [2.05, 4.69) is 118 Å². The highest BCUT2D eigenvalue weighted by atomic mass is 15.2. The lowest BCUT2D eigenvalue weighted by atomic mass is 9.92. The maximum Gasteiger partial charge on any atom is 0.146 e. The molecular formula is C33H21N5. The molecule has 4 aromatic carbocycles. The Morgan fingerprint density at radius 3 is 2.24 bits per heavy atom. The number of para-hydroxylation sites is 5. The van der Waals surface area contributed by atoms with Crippen molar-refractivity contribution in [3.8, 4) is 0 Å². The molecule has 0 bridgehead atoms. The highest BCUT2D eigenvalue weighted by molar-refractivity contribution is 6.16. The van der Waals surface area contributed by atoms with E-state index in [1.807, 2.05) is 6.07 Å². The molecule has 7 aromatic rings. The molecule has 1 aliphatic carbocycles. The van der Waals surface area contributed by atoms with Crippen LogP contribution in [0.2, 0.25) is 0 Å². The third kappa shape index (κ3) is 2.57. The minimum absolute atomic E-state index is 0.0284. The van der Waals surface area contributed by atoms with E-state index in [0.717, 1.165) is 55.8 Å². The van der Waals surface area contributed by atoms with Crippen LogP contribution in [-0.4, -0.2) is 30.8 Å². The van der Waals surface area contributed by atoms with Gasteiger partial charge in [0.25, 0.3) is 0 Å². The molecule has 0 spiro atoms. The molecule has 2 unspecified atom stereocenters. The fourth-order valence-electron chi connectivity index (χ4n) is 6.30. The van der Waals surface area contributed by atoms with E-state index < -0.39 is 0 Å². The Bertz CT molecular complexity index is 2210. The van der Waals surface area contributed by atoms with E-state index in [4.69, 9.17) is 15.0 Å². The number of aliphatic imine (C=N–C) groups is 1. The number of benzene rings is 4. The summed E-state index contributed by atoms with van der Waals surface area (Å²) in [6.07, 6.45) is 8.59. The number of imidazole rings is 2. The first-order valence-corrected chi connectivity index (χ1v) is 13.0. The van der Waals surface area contributed by atoms with E-state index in [-0.39, 0.29) is 12.0 Å². The quantitative estimate of drug-likeness (QED) is 0.233. The lowest BCUT2D eigenvalue weighted by Crippen LogP contribution is -2.30. The monoisotopic (exact) mass is 487 g/mol. The zero-order valence-electron chi connectivity index (χ0n) is 20.4. The summed E-state index contributed by atoms with van der Waals surface area (Å²) in [5, 5.41) is 3.52. The molecule has 0 radical (unpaired) electrons. The van der Waals surface area contributed by atoms with Gasteiger partial charge < -0.3 is 0 Å². The minimum Gasteiger partial charge on any atom is -0.292 e. The van der Waals surface area contributed by atoms with Gasteiger partial charge in [0, 0.05) is 16.3 Å². The minimum atomic E-state index is 0.0284. The summed E-state index contributed by atoms with van der Waals surface area (Å²) in [5.41, 5.74) is 7.38. The average Bonchev–Trinajstić information content (AvgIpc) is 3.56. The van der Waals surface area contributed by atoms with Crippen molar-refractivity contribution in [2.45, 2.75) is 12.0 Å². The number of hydrogen-bond acceptors (Lipinski definition) is 3. The van der Waals surface area contributed by atoms with Gasteiger partial charge in [0.15, 0.2) is 0 Å². The van der Waals surface area contributed by atoms with Gasteiger partial charge in [-0.25, -0.2) is 9.97 Å². The highest BCUT2D eigenvalue weighted by Crippen LogP contribution is 2.37. The molecule has 2 aliphatic rings. The van der Waals surface area contributed by atoms with Crippen molar-refractivity contribution >= 4 is 55.2 Å². The van der Waals surface area contributed by atoms with Gasteiger partial charge in [-0.15, -0.1) is 0 Å². The highest BCUT2D eigenvalue weighted by Gasteiger charge is 2.33. The van der Waals surface area contributed by atoms with Gasteiger partial charge in [-0.05, 0) is 41.8 Å². The smallest absolute Gasteiger partial charge is 0.146 e. The Morgan fingerprint density at radius 1 is 0.605 bits per heavy atom. The van der Waals surface area contributed by atoms with Gasteiger partial charge in [0.1, 0.15) is 17.3 Å². The number of fused-ring (bicyclic) bond motifs is 13. The SMILES string of the molecule is C1=CC2N=C(c3ccc4c5ccccc5n5c6ccccc6nc5c4c3)n3c(nc4ccccc43)C2C=C1. The molecule has 5 nitrogen and oxygen atoms in total. The van der Waals surface area contributed by atoms with Crippen molar-refractivity contribution in [1.29, 1.82) is 0 Å². The Morgan fingerprint density at radius 2 is 1.34 bits per heavy atom. The molecule has 178 valence electrons. The summed E-state index contributed by atoms with van der Waals surface area (Å²) >= 11 is 0. The molecular weight excluding hydrogens is 466 g/mol. The fourth-order valence-corrected chi connectivity index (χ4v) is 6.30. The van der Waals surface area contributed by atoms with Crippen molar-refractivity contribution < 1.29 is 0 Å². The molecule has 1 aliphatic heterocycles. The van der Waals surface area contributed by atoms with Crippen LogP contribution in [0.5, 0.6) is 0 Å². The van der Waals surface area contributed by atoms with Gasteiger partial charge in [0.05, 0.1) is 39.5 Å². The van der Waals surface area contributed by atoms with Crippen LogP contribution in [0.1, 0.15) is 17.3 Å². The summed E-state index contributed by atoms with van der Waals surface area (Å²) < 4.78 is 4.55. The van der Waals surface area contributed by atoms with Crippen LogP contribution >= 0.6 is 0 Å². The van der Waals surface area contributed by atoms with Crippen LogP contribution in [0.15, 0.2) is 120 Å². The van der Waals surface area contributed by atoms with Crippen LogP contribution in [0, 0.1) is 0 Å². The number of nitrogens with zero attached hydrogens (tertiary/aromatic N) is 5. The third-order valence-electron chi connectivity index (χ3n) is 7.99. The maximum atomic E-state index is 5.30. The molecule has 3 aromatic heterocycles. The molecule has 0 amide bonds. The number of allylic oxidation sites excluding steroid dienone is 2. The third-order valence-corrected chi connectivity index (χ3v) is 7.99. The van der Waals surface area contributed by atoms with Crippen molar-refractivity contribution in [2.75, 3.05) is 0 Å². The molecule has 5 heteroatoms. The number of hydrogen-bond donors (Lipinski definition) is 0. The van der Waals surface area contributed by atoms with Crippen LogP contribution in [0.3, 0.4) is 0 Å². The van der Waals surface area contributed by atoms with E-state index in [0.29, 0.717) is 0 Å². The predicted molar refractivity (Wildman–Crippen MR) is 154 cm³/mol. The lowest BCUT2D eigenvalue weighted by molar-refractivity contribution is 0.643. The summed E-state index contributed by atoms with van der Waals surface area (Å²) in [6.45, 7) is 0. The van der Waals surface area contributed by atoms with Crippen molar-refractivity contribution in [2.24, 2.45) is 4.99 Å². The number of rotatable bonds is 1. The van der Waals surface area contributed by atoms with E-state index in [9.17, 15) is 0 Å². The van der Waals surface area contributed by atoms with E-state index in [1.54, 1.807) is 0 Å². The first-order valence-electron chi connectivity index (χ1n) is 13.0. The van der Waals surface area contributed by atoms with Crippen LogP contribution in [-0.2, 0) is 0 Å². The normalized spacial score (nSPS) is 18.5. The molecule has 38 heavy (non-hydrogen) atoms. The molecule has 0 fully saturated rings. The predicted octanol–water partition coefficient (Wildman–Crippen LogP) is 7.03. The van der Waals surface area contributed by atoms with E-state index in [1.165, 1.54) is 10.8 Å².